The molecule has 2 N–H and O–H groups in total. The van der Waals surface area contributed by atoms with Crippen LogP contribution in [0.5, 0.6) is 0 Å². The number of carbonyl (C=O) groups is 1. The monoisotopic (exact) mass is 217 g/mol. The molecule has 0 aliphatic heterocycles. The topological polar surface area (TPSA) is 77.2 Å². The number of Topliss-reactive ketones (excluding diaryl/α,β-unsaturated/α-hetero) is 1. The molecule has 0 unspecified atom stereocenters. The van der Waals surface area contributed by atoms with Crippen LogP contribution in [0.15, 0.2) is 29.2 Å². The summed E-state index contributed by atoms with van der Waals surface area (Å²) in [6.07, 6.45) is 0. The zero-order chi connectivity index (χ0) is 10.8. The van der Waals surface area contributed by atoms with Gasteiger partial charge in [-0.3, -0.25) is 4.79 Å². The van der Waals surface area contributed by atoms with Crippen molar-refractivity contribution in [1.29, 1.82) is 0 Å². The molecule has 1 aromatic carbocycles. The Balaban J connectivity index is 3.21. The van der Waals surface area contributed by atoms with E-state index in [1.165, 1.54) is 18.2 Å². The number of alkyl halides is 1. The summed E-state index contributed by atoms with van der Waals surface area (Å²) in [4.78, 5) is 10.7. The molecular formula is C8H8FNO3S. The summed E-state index contributed by atoms with van der Waals surface area (Å²) in [7, 11) is -3.84. The van der Waals surface area contributed by atoms with E-state index >= 15 is 0 Å². The van der Waals surface area contributed by atoms with Crippen LogP contribution in [0.25, 0.3) is 0 Å². The number of primary sulfonamides is 1. The van der Waals surface area contributed by atoms with Gasteiger partial charge in [-0.2, -0.15) is 0 Å². The summed E-state index contributed by atoms with van der Waals surface area (Å²) in [5.74, 6) is -0.768. The van der Waals surface area contributed by atoms with Crippen molar-refractivity contribution >= 4 is 15.8 Å². The standard InChI is InChI=1S/C8H8FNO3S/c9-5-8(11)6-2-1-3-7(4-6)14(10,12)13/h1-4H,5H2,(H2,10,12,13). The van der Waals surface area contributed by atoms with E-state index in [0.29, 0.717) is 0 Å². The van der Waals surface area contributed by atoms with E-state index in [1.807, 2.05) is 0 Å². The van der Waals surface area contributed by atoms with Gasteiger partial charge in [0.1, 0.15) is 0 Å². The number of sulfonamides is 1. The Labute approximate surface area is 80.6 Å². The molecule has 0 atom stereocenters. The summed E-state index contributed by atoms with van der Waals surface area (Å²) in [5.41, 5.74) is -0.000903. The summed E-state index contributed by atoms with van der Waals surface area (Å²) >= 11 is 0. The van der Waals surface area contributed by atoms with Crippen LogP contribution in [0.3, 0.4) is 0 Å². The van der Waals surface area contributed by atoms with E-state index in [4.69, 9.17) is 5.14 Å². The van der Waals surface area contributed by atoms with E-state index in [9.17, 15) is 17.6 Å². The molecule has 0 amide bonds. The minimum absolute atomic E-state index is 0.000903. The molecule has 0 aromatic heterocycles. The lowest BCUT2D eigenvalue weighted by Crippen LogP contribution is -2.13. The molecule has 0 aliphatic carbocycles. The van der Waals surface area contributed by atoms with Crippen LogP contribution in [0.2, 0.25) is 0 Å². The fraction of sp³-hybridized carbons (Fsp3) is 0.125. The molecule has 4 nitrogen and oxygen atoms in total. The Bertz CT molecular complexity index is 455. The fourth-order valence-electron chi connectivity index (χ4n) is 0.924. The second-order valence-electron chi connectivity index (χ2n) is 2.63. The number of benzene rings is 1. The van der Waals surface area contributed by atoms with Crippen LogP contribution in [0.1, 0.15) is 10.4 Å². The Morgan fingerprint density at radius 1 is 1.43 bits per heavy atom. The molecule has 0 heterocycles. The number of hydrogen-bond acceptors (Lipinski definition) is 3. The van der Waals surface area contributed by atoms with Crippen LogP contribution < -0.4 is 5.14 Å². The highest BCUT2D eigenvalue weighted by atomic mass is 32.2. The van der Waals surface area contributed by atoms with Gasteiger partial charge < -0.3 is 0 Å². The van der Waals surface area contributed by atoms with Crippen LogP contribution in [0.4, 0.5) is 4.39 Å². The second-order valence-corrected chi connectivity index (χ2v) is 4.19. The number of rotatable bonds is 3. The Kier molecular flexibility index (Phi) is 2.97. The third kappa shape index (κ3) is 2.36. The molecule has 0 saturated carbocycles. The highest BCUT2D eigenvalue weighted by Crippen LogP contribution is 2.10. The van der Waals surface area contributed by atoms with Crippen molar-refractivity contribution in [2.24, 2.45) is 5.14 Å². The van der Waals surface area contributed by atoms with Crippen molar-refractivity contribution in [2.45, 2.75) is 4.90 Å². The van der Waals surface area contributed by atoms with Crippen LogP contribution in [-0.2, 0) is 10.0 Å². The molecule has 76 valence electrons. The first-order valence-electron chi connectivity index (χ1n) is 3.67. The van der Waals surface area contributed by atoms with Crippen LogP contribution >= 0.6 is 0 Å². The molecule has 1 rings (SSSR count). The first-order valence-corrected chi connectivity index (χ1v) is 5.22. The zero-order valence-electron chi connectivity index (χ0n) is 7.10. The van der Waals surface area contributed by atoms with Gasteiger partial charge in [0.25, 0.3) is 0 Å². The maximum Gasteiger partial charge on any atom is 0.238 e. The van der Waals surface area contributed by atoms with E-state index in [2.05, 4.69) is 0 Å². The van der Waals surface area contributed by atoms with Crippen molar-refractivity contribution in [1.82, 2.24) is 0 Å². The SMILES string of the molecule is NS(=O)(=O)c1cccc(C(=O)CF)c1. The highest BCUT2D eigenvalue weighted by molar-refractivity contribution is 7.89. The number of halogens is 1. The summed E-state index contributed by atoms with van der Waals surface area (Å²) in [6.45, 7) is -1.16. The van der Waals surface area contributed by atoms with Gasteiger partial charge in [0, 0.05) is 5.56 Å². The average molecular weight is 217 g/mol. The van der Waals surface area contributed by atoms with Gasteiger partial charge in [0.2, 0.25) is 10.0 Å². The quantitative estimate of drug-likeness (QED) is 0.748. The zero-order valence-corrected chi connectivity index (χ0v) is 7.92. The van der Waals surface area contributed by atoms with Gasteiger partial charge >= 0.3 is 0 Å². The normalized spacial score (nSPS) is 11.3. The molecule has 1 aromatic rings. The van der Waals surface area contributed by atoms with E-state index in [0.717, 1.165) is 6.07 Å². The molecule has 6 heteroatoms. The van der Waals surface area contributed by atoms with Crippen molar-refractivity contribution in [3.63, 3.8) is 0 Å². The lowest BCUT2D eigenvalue weighted by atomic mass is 10.1. The average Bonchev–Trinajstić information content (AvgIpc) is 2.15. The van der Waals surface area contributed by atoms with Crippen LogP contribution in [0, 0.1) is 0 Å². The van der Waals surface area contributed by atoms with Gasteiger partial charge in [-0.1, -0.05) is 12.1 Å². The molecule has 0 saturated heterocycles. The molecular weight excluding hydrogens is 209 g/mol. The third-order valence-corrected chi connectivity index (χ3v) is 2.52. The van der Waals surface area contributed by atoms with E-state index in [1.54, 1.807) is 0 Å². The molecule has 0 radical (unpaired) electrons. The number of nitrogens with two attached hydrogens (primary N) is 1. The first-order chi connectivity index (χ1) is 6.45. The number of hydrogen-bond donors (Lipinski definition) is 1. The molecule has 0 aliphatic rings. The van der Waals surface area contributed by atoms with Crippen molar-refractivity contribution < 1.29 is 17.6 Å². The largest absolute Gasteiger partial charge is 0.291 e. The van der Waals surface area contributed by atoms with E-state index in [-0.39, 0.29) is 10.5 Å². The smallest absolute Gasteiger partial charge is 0.238 e. The maximum absolute atomic E-state index is 12.0. The fourth-order valence-corrected chi connectivity index (χ4v) is 1.48. The minimum Gasteiger partial charge on any atom is -0.291 e. The Hall–Kier alpha value is -1.27. The molecule has 0 spiro atoms. The maximum atomic E-state index is 12.0. The number of ketones is 1. The molecule has 0 bridgehead atoms. The van der Waals surface area contributed by atoms with Gasteiger partial charge in [0.05, 0.1) is 4.90 Å². The summed E-state index contributed by atoms with van der Waals surface area (Å²) in [5, 5.41) is 4.83. The summed E-state index contributed by atoms with van der Waals surface area (Å²) < 4.78 is 33.7. The minimum atomic E-state index is -3.84. The number of carbonyl (C=O) groups excluding carboxylic acids is 1. The molecule has 0 fully saturated rings. The second kappa shape index (κ2) is 3.85. The predicted molar refractivity (Wildman–Crippen MR) is 48.1 cm³/mol. The van der Waals surface area contributed by atoms with Gasteiger partial charge in [0.15, 0.2) is 12.5 Å². The van der Waals surface area contributed by atoms with Gasteiger partial charge in [-0.25, -0.2) is 17.9 Å². The molecule has 14 heavy (non-hydrogen) atoms. The first kappa shape index (κ1) is 10.8. The van der Waals surface area contributed by atoms with E-state index < -0.39 is 22.5 Å². The lowest BCUT2D eigenvalue weighted by Gasteiger charge is -2.00. The van der Waals surface area contributed by atoms with Crippen molar-refractivity contribution in [3.05, 3.63) is 29.8 Å². The lowest BCUT2D eigenvalue weighted by molar-refractivity contribution is 0.0958. The van der Waals surface area contributed by atoms with Gasteiger partial charge in [-0.15, -0.1) is 0 Å². The van der Waals surface area contributed by atoms with Crippen molar-refractivity contribution in [3.8, 4) is 0 Å². The highest BCUT2D eigenvalue weighted by Gasteiger charge is 2.11. The Morgan fingerprint density at radius 3 is 2.57 bits per heavy atom. The van der Waals surface area contributed by atoms with Gasteiger partial charge in [-0.05, 0) is 12.1 Å². The van der Waals surface area contributed by atoms with Crippen molar-refractivity contribution in [2.75, 3.05) is 6.67 Å². The van der Waals surface area contributed by atoms with Crippen LogP contribution in [-0.4, -0.2) is 20.9 Å². The predicted octanol–water partition coefficient (Wildman–Crippen LogP) is 0.486. The Morgan fingerprint density at radius 2 is 2.07 bits per heavy atom. The third-order valence-electron chi connectivity index (χ3n) is 1.61. The summed E-state index contributed by atoms with van der Waals surface area (Å²) in [6, 6.07) is 4.96.